The van der Waals surface area contributed by atoms with Gasteiger partial charge in [0.1, 0.15) is 12.1 Å². The zero-order chi connectivity index (χ0) is 48.3. The molecule has 0 saturated carbocycles. The normalized spacial score (nSPS) is 12.8. The third kappa shape index (κ3) is 14.5. The van der Waals surface area contributed by atoms with E-state index in [0.29, 0.717) is 41.0 Å². The Bertz CT molecular complexity index is 2950. The van der Waals surface area contributed by atoms with E-state index in [1.165, 1.54) is 29.0 Å². The second-order valence-electron chi connectivity index (χ2n) is 15.9. The molecule has 0 fully saturated rings. The molecule has 70 heavy (non-hydrogen) atoms. The maximum Gasteiger partial charge on any atom is 0.330 e. The summed E-state index contributed by atoms with van der Waals surface area (Å²) in [5.41, 5.74) is 4.25. The molecule has 20 heteroatoms. The molecular weight excluding hydrogens is 1380 g/mol. The van der Waals surface area contributed by atoms with Crippen LogP contribution in [0.4, 0.5) is 32.3 Å². The average Bonchev–Trinajstić information content (AvgIpc) is 3.35. The van der Waals surface area contributed by atoms with Gasteiger partial charge in [-0.05, 0) is 53.3 Å². The average molecular weight is 1430 g/mol. The van der Waals surface area contributed by atoms with Crippen LogP contribution in [0.3, 0.4) is 0 Å². The summed E-state index contributed by atoms with van der Waals surface area (Å²) in [7, 11) is -6.19. The number of para-hydroxylation sites is 1. The maximum absolute atomic E-state index is 14.8. The molecule has 0 aliphatic carbocycles. The predicted molar refractivity (Wildman–Crippen MR) is 261 cm³/mol. The van der Waals surface area contributed by atoms with Gasteiger partial charge < -0.3 is 20.4 Å². The first-order chi connectivity index (χ1) is 32.7. The summed E-state index contributed by atoms with van der Waals surface area (Å²) in [5.74, 6) is -1.09. The van der Waals surface area contributed by atoms with Crippen molar-refractivity contribution in [3.05, 3.63) is 192 Å². The largest absolute Gasteiger partial charge is 0.337 e. The van der Waals surface area contributed by atoms with Gasteiger partial charge in [-0.2, -0.15) is 53.2 Å². The number of fused-ring (bicyclic) bond motifs is 1. The molecule has 1 aliphatic heterocycles. The molecule has 6 aromatic carbocycles. The summed E-state index contributed by atoms with van der Waals surface area (Å²) < 4.78 is 61.0. The molecule has 7 rings (SSSR count). The molecule has 360 valence electrons. The van der Waals surface area contributed by atoms with Crippen molar-refractivity contribution in [1.29, 1.82) is 0 Å². The molecule has 6 aromatic rings. The van der Waals surface area contributed by atoms with Gasteiger partial charge in [-0.15, -0.1) is 24.3 Å². The molecule has 0 radical (unpaired) electrons. The van der Waals surface area contributed by atoms with Gasteiger partial charge in [0.05, 0.1) is 11.4 Å². The minimum atomic E-state index is -4.59. The Balaban J connectivity index is 0.00000456. The smallest absolute Gasteiger partial charge is 0.330 e. The third-order valence-electron chi connectivity index (χ3n) is 11.2. The van der Waals surface area contributed by atoms with Gasteiger partial charge in [-0.25, -0.2) is 19.0 Å². The van der Waals surface area contributed by atoms with Crippen molar-refractivity contribution >= 4 is 67.0 Å². The molecular formula is C50H50N8O8S2U2-2. The summed E-state index contributed by atoms with van der Waals surface area (Å²) in [5, 5.41) is 5.17. The van der Waals surface area contributed by atoms with E-state index < -0.39 is 56.4 Å². The number of nitrogens with zero attached hydrogens (tertiary/aromatic N) is 4. The number of nitrogens with one attached hydrogen (secondary N) is 4. The van der Waals surface area contributed by atoms with Gasteiger partial charge in [0.25, 0.3) is 0 Å². The number of hydrogen-bond acceptors (Lipinski definition) is 8. The standard InChI is InChI=1S/C50H50N8O8S2.2U/c1-55(41-26-11-5-12-27-41)47(59)44(34-37-19-7-3-8-20-37)51-49(61)53-67(63,64)56(2)43-30-17-23-39(33-43)36-57(42-28-13-6-14-29-42)48(60)45(35-38-21-9-4-10-22-38)52-50(62)54-68(65,66)58-32-18-25-40-24-15-16-31-46(40)58;;/h3-4,7-17,19-24,26-31,33,44-45H,18,25,32,34-36H2,1-2H3,(H2,51,53,61)(H2,52,54,62);;/q-2;;/t44-,45-;;/m0../s1. The Hall–Kier alpha value is -5.60. The molecule has 16 nitrogen and oxygen atoms in total. The van der Waals surface area contributed by atoms with E-state index in [1.807, 2.05) is 22.9 Å². The molecule has 2 atom stereocenters. The number of likely N-dealkylation sites (N-methyl/N-ethyl adjacent to an activating group) is 1. The first-order valence-corrected chi connectivity index (χ1v) is 24.5. The van der Waals surface area contributed by atoms with Crippen molar-refractivity contribution in [3.63, 3.8) is 0 Å². The van der Waals surface area contributed by atoms with Crippen LogP contribution in [-0.2, 0) is 55.8 Å². The molecule has 0 spiro atoms. The molecule has 1 heterocycles. The minimum absolute atomic E-state index is 0. The van der Waals surface area contributed by atoms with Crippen LogP contribution in [0.5, 0.6) is 0 Å². The van der Waals surface area contributed by atoms with Crippen LogP contribution in [0.15, 0.2) is 158 Å². The van der Waals surface area contributed by atoms with E-state index >= 15 is 0 Å². The summed E-state index contributed by atoms with van der Waals surface area (Å²) in [6.45, 7) is 0.0260. The minimum Gasteiger partial charge on any atom is -0.337 e. The third-order valence-corrected chi connectivity index (χ3v) is 14.0. The summed E-state index contributed by atoms with van der Waals surface area (Å²) in [4.78, 5) is 58.5. The zero-order valence-electron chi connectivity index (χ0n) is 38.3. The molecule has 0 unspecified atom stereocenters. The molecule has 0 bridgehead atoms. The Morgan fingerprint density at radius 3 is 1.71 bits per heavy atom. The van der Waals surface area contributed by atoms with E-state index in [9.17, 15) is 36.0 Å². The number of anilines is 4. The summed E-state index contributed by atoms with van der Waals surface area (Å²) in [6.07, 6.45) is 1.30. The quantitative estimate of drug-likeness (QED) is 0.0837. The van der Waals surface area contributed by atoms with E-state index in [2.05, 4.69) is 27.5 Å². The fourth-order valence-electron chi connectivity index (χ4n) is 7.76. The Morgan fingerprint density at radius 2 is 1.11 bits per heavy atom. The van der Waals surface area contributed by atoms with Crippen molar-refractivity contribution in [3.8, 4) is 0 Å². The molecule has 6 amide bonds. The van der Waals surface area contributed by atoms with Crippen molar-refractivity contribution in [2.24, 2.45) is 0 Å². The van der Waals surface area contributed by atoms with Gasteiger partial charge >= 0.3 is 32.5 Å². The van der Waals surface area contributed by atoms with Crippen LogP contribution in [0, 0.1) is 74.4 Å². The van der Waals surface area contributed by atoms with Crippen LogP contribution in [0.2, 0.25) is 0 Å². The van der Waals surface area contributed by atoms with Crippen LogP contribution in [0.1, 0.15) is 28.7 Å². The summed E-state index contributed by atoms with van der Waals surface area (Å²) in [6, 6.07) is 45.5. The number of amides is 6. The van der Waals surface area contributed by atoms with Crippen molar-refractivity contribution < 1.29 is 98.2 Å². The fourth-order valence-corrected chi connectivity index (χ4v) is 9.79. The predicted octanol–water partition coefficient (Wildman–Crippen LogP) is 5.68. The number of rotatable bonds is 17. The second kappa shape index (κ2) is 25.5. The number of hydrogen-bond donors (Lipinski definition) is 4. The number of carbonyl (C=O) groups excluding carboxylic acids is 4. The van der Waals surface area contributed by atoms with Crippen LogP contribution >= 0.6 is 0 Å². The first kappa shape index (κ1) is 55.3. The molecule has 1 aliphatic rings. The fraction of sp³-hybridized carbons (Fsp3) is 0.200. The Kier molecular flexibility index (Phi) is 20.2. The van der Waals surface area contributed by atoms with Gasteiger partial charge in [0, 0.05) is 102 Å². The SMILES string of the molecule is CN(C(=O)[C@H](Cc1ccccc1)NC(=O)NS(=O)(=O)N(C)c1cccc(CN(C(=O)[C@H](Cc2ccccc2)NC(=O)NS(=O)(=O)N2CCCc3ccccc32)c2cc[c-]cc2)c1)c1cc[c-]cc1.[U].[U]. The van der Waals surface area contributed by atoms with Gasteiger partial charge in [-0.3, -0.25) is 18.2 Å². The number of benzene rings is 6. The maximum atomic E-state index is 14.8. The topological polar surface area (TPSA) is 198 Å². The zero-order valence-corrected chi connectivity index (χ0v) is 48.2. The molecule has 0 saturated heterocycles. The molecule has 4 N–H and O–H groups in total. The monoisotopic (exact) mass is 1430 g/mol. The number of carbonyl (C=O) groups is 4. The van der Waals surface area contributed by atoms with E-state index in [1.54, 1.807) is 134 Å². The van der Waals surface area contributed by atoms with Crippen LogP contribution in [0.25, 0.3) is 0 Å². The first-order valence-electron chi connectivity index (χ1n) is 21.6. The van der Waals surface area contributed by atoms with E-state index in [4.69, 9.17) is 0 Å². The number of urea groups is 2. The number of aryl methyl sites for hydroxylation is 1. The molecule has 0 aromatic heterocycles. The van der Waals surface area contributed by atoms with Gasteiger partial charge in [0.2, 0.25) is 11.8 Å². The van der Waals surface area contributed by atoms with Crippen molar-refractivity contribution in [1.82, 2.24) is 20.1 Å². The van der Waals surface area contributed by atoms with E-state index in [0.717, 1.165) is 19.7 Å². The summed E-state index contributed by atoms with van der Waals surface area (Å²) >= 11 is 0. The van der Waals surface area contributed by atoms with Gasteiger partial charge in [-0.1, -0.05) is 102 Å². The van der Waals surface area contributed by atoms with Crippen LogP contribution in [-0.4, -0.2) is 73.4 Å². The van der Waals surface area contributed by atoms with Crippen LogP contribution < -0.4 is 38.5 Å². The van der Waals surface area contributed by atoms with E-state index in [-0.39, 0.29) is 93.8 Å². The van der Waals surface area contributed by atoms with Gasteiger partial charge in [0.15, 0.2) is 0 Å². The Morgan fingerprint density at radius 1 is 0.600 bits per heavy atom. The Labute approximate surface area is 456 Å². The second-order valence-corrected chi connectivity index (χ2v) is 19.2. The van der Waals surface area contributed by atoms with Crippen molar-refractivity contribution in [2.45, 2.75) is 44.3 Å². The van der Waals surface area contributed by atoms with Crippen molar-refractivity contribution in [2.75, 3.05) is 39.1 Å².